The van der Waals surface area contributed by atoms with Gasteiger partial charge in [-0.15, -0.1) is 0 Å². The van der Waals surface area contributed by atoms with E-state index in [1.807, 2.05) is 46.0 Å². The molecule has 1 amide bonds. The molecule has 98 valence electrons. The number of ether oxygens (including phenoxy) is 1. The van der Waals surface area contributed by atoms with Crippen LogP contribution in [0.2, 0.25) is 0 Å². The second-order valence-corrected chi connectivity index (χ2v) is 5.18. The molecular weight excluding hydrogens is 226 g/mol. The summed E-state index contributed by atoms with van der Waals surface area (Å²) in [5.41, 5.74) is 1.68. The van der Waals surface area contributed by atoms with E-state index < -0.39 is 5.41 Å². The van der Waals surface area contributed by atoms with Gasteiger partial charge in [0.2, 0.25) is 5.91 Å². The third-order valence-corrected chi connectivity index (χ3v) is 3.78. The molecule has 0 bridgehead atoms. The van der Waals surface area contributed by atoms with Crippen molar-refractivity contribution in [1.29, 1.82) is 0 Å². The average molecular weight is 247 g/mol. The van der Waals surface area contributed by atoms with Crippen molar-refractivity contribution in [3.8, 4) is 0 Å². The first-order chi connectivity index (χ1) is 8.50. The molecule has 2 unspecified atom stereocenters. The minimum atomic E-state index is -0.458. The van der Waals surface area contributed by atoms with Crippen LogP contribution in [0.15, 0.2) is 24.3 Å². The molecule has 0 N–H and O–H groups in total. The van der Waals surface area contributed by atoms with E-state index in [0.29, 0.717) is 6.61 Å². The lowest BCUT2D eigenvalue weighted by Crippen LogP contribution is -2.38. The van der Waals surface area contributed by atoms with Gasteiger partial charge in [-0.25, -0.2) is 0 Å². The van der Waals surface area contributed by atoms with Crippen molar-refractivity contribution in [3.63, 3.8) is 0 Å². The molecule has 1 aromatic carbocycles. The monoisotopic (exact) mass is 247 g/mol. The first kappa shape index (κ1) is 13.1. The first-order valence-corrected chi connectivity index (χ1v) is 6.50. The zero-order valence-corrected chi connectivity index (χ0v) is 11.6. The van der Waals surface area contributed by atoms with Gasteiger partial charge in [-0.3, -0.25) is 4.79 Å². The molecule has 0 saturated carbocycles. The third kappa shape index (κ3) is 1.93. The fraction of sp³-hybridized carbons (Fsp3) is 0.533. The molecule has 1 aliphatic heterocycles. The molecule has 2 atom stereocenters. The van der Waals surface area contributed by atoms with Crippen LogP contribution in [-0.2, 0) is 14.9 Å². The Morgan fingerprint density at radius 1 is 1.39 bits per heavy atom. The van der Waals surface area contributed by atoms with E-state index in [1.165, 1.54) is 0 Å². The topological polar surface area (TPSA) is 29.5 Å². The van der Waals surface area contributed by atoms with Crippen LogP contribution in [-0.4, -0.2) is 25.7 Å². The van der Waals surface area contributed by atoms with Gasteiger partial charge < -0.3 is 9.64 Å². The van der Waals surface area contributed by atoms with Crippen LogP contribution in [0.3, 0.4) is 0 Å². The third-order valence-electron chi connectivity index (χ3n) is 3.78. The van der Waals surface area contributed by atoms with Crippen molar-refractivity contribution in [2.45, 2.75) is 38.7 Å². The Hall–Kier alpha value is -1.35. The first-order valence-electron chi connectivity index (χ1n) is 6.50. The van der Waals surface area contributed by atoms with Crippen molar-refractivity contribution in [1.82, 2.24) is 0 Å². The number of rotatable bonds is 4. The molecule has 3 heteroatoms. The highest BCUT2D eigenvalue weighted by molar-refractivity contribution is 6.07. The number of nitrogens with zero attached hydrogens (tertiary/aromatic N) is 1. The maximum absolute atomic E-state index is 12.5. The summed E-state index contributed by atoms with van der Waals surface area (Å²) in [7, 11) is 1.85. The number of benzene rings is 1. The fourth-order valence-electron chi connectivity index (χ4n) is 2.94. The summed E-state index contributed by atoms with van der Waals surface area (Å²) in [6.07, 6.45) is 0.810. The van der Waals surface area contributed by atoms with Crippen LogP contribution in [0.5, 0.6) is 0 Å². The minimum Gasteiger partial charge on any atom is -0.379 e. The van der Waals surface area contributed by atoms with Gasteiger partial charge in [0.25, 0.3) is 0 Å². The van der Waals surface area contributed by atoms with Crippen molar-refractivity contribution >= 4 is 11.6 Å². The number of likely N-dealkylation sites (N-methyl/N-ethyl adjacent to an activating group) is 1. The summed E-state index contributed by atoms with van der Waals surface area (Å²) in [6, 6.07) is 8.02. The lowest BCUT2D eigenvalue weighted by Gasteiger charge is -2.26. The summed E-state index contributed by atoms with van der Waals surface area (Å²) < 4.78 is 5.60. The number of amides is 1. The zero-order valence-electron chi connectivity index (χ0n) is 11.6. The number of fused-ring (bicyclic) bond motifs is 1. The highest BCUT2D eigenvalue weighted by atomic mass is 16.5. The van der Waals surface area contributed by atoms with E-state index in [-0.39, 0.29) is 12.0 Å². The Morgan fingerprint density at radius 3 is 2.72 bits per heavy atom. The van der Waals surface area contributed by atoms with Gasteiger partial charge in [-0.05, 0) is 38.8 Å². The van der Waals surface area contributed by atoms with Crippen molar-refractivity contribution in [2.24, 2.45) is 0 Å². The Balaban J connectivity index is 2.35. The molecule has 0 fully saturated rings. The Kier molecular flexibility index (Phi) is 3.44. The van der Waals surface area contributed by atoms with Crippen molar-refractivity contribution in [2.75, 3.05) is 18.6 Å². The fourth-order valence-corrected chi connectivity index (χ4v) is 2.94. The Bertz CT molecular complexity index is 458. The van der Waals surface area contributed by atoms with Crippen LogP contribution in [0.4, 0.5) is 5.69 Å². The van der Waals surface area contributed by atoms with Crippen LogP contribution in [0, 0.1) is 0 Å². The highest BCUT2D eigenvalue weighted by Gasteiger charge is 2.46. The van der Waals surface area contributed by atoms with Gasteiger partial charge in [-0.2, -0.15) is 0 Å². The molecular formula is C15H21NO2. The largest absolute Gasteiger partial charge is 0.379 e. The van der Waals surface area contributed by atoms with Gasteiger partial charge in [0, 0.05) is 19.3 Å². The van der Waals surface area contributed by atoms with E-state index in [1.54, 1.807) is 4.90 Å². The molecule has 1 aromatic rings. The summed E-state index contributed by atoms with van der Waals surface area (Å²) in [6.45, 7) is 6.72. The van der Waals surface area contributed by atoms with Crippen LogP contribution in [0.1, 0.15) is 32.8 Å². The normalized spacial score (nSPS) is 24.2. The molecule has 1 aliphatic rings. The lowest BCUT2D eigenvalue weighted by molar-refractivity contribution is -0.123. The smallest absolute Gasteiger partial charge is 0.237 e. The molecule has 2 rings (SSSR count). The number of carbonyl (C=O) groups excluding carboxylic acids is 1. The summed E-state index contributed by atoms with van der Waals surface area (Å²) in [4.78, 5) is 14.3. The van der Waals surface area contributed by atoms with Crippen molar-refractivity contribution < 1.29 is 9.53 Å². The van der Waals surface area contributed by atoms with E-state index in [4.69, 9.17) is 4.74 Å². The molecule has 0 radical (unpaired) electrons. The molecule has 0 spiro atoms. The molecule has 1 heterocycles. The molecule has 3 nitrogen and oxygen atoms in total. The Morgan fingerprint density at radius 2 is 2.06 bits per heavy atom. The second-order valence-electron chi connectivity index (χ2n) is 5.18. The van der Waals surface area contributed by atoms with Gasteiger partial charge in [0.05, 0.1) is 11.5 Å². The van der Waals surface area contributed by atoms with Crippen molar-refractivity contribution in [3.05, 3.63) is 29.8 Å². The van der Waals surface area contributed by atoms with Crippen LogP contribution >= 0.6 is 0 Å². The SMILES string of the molecule is CCOC(C)CC1(C)C(=O)N(C)c2ccccc21. The maximum Gasteiger partial charge on any atom is 0.237 e. The van der Waals surface area contributed by atoms with E-state index in [2.05, 4.69) is 6.07 Å². The predicted molar refractivity (Wildman–Crippen MR) is 72.9 cm³/mol. The number of hydrogen-bond acceptors (Lipinski definition) is 2. The number of anilines is 1. The van der Waals surface area contributed by atoms with E-state index in [9.17, 15) is 4.79 Å². The summed E-state index contributed by atoms with van der Waals surface area (Å²) >= 11 is 0. The lowest BCUT2D eigenvalue weighted by atomic mass is 9.79. The van der Waals surface area contributed by atoms with E-state index >= 15 is 0 Å². The summed E-state index contributed by atoms with van der Waals surface area (Å²) in [5, 5.41) is 0. The predicted octanol–water partition coefficient (Wildman–Crippen LogP) is 2.74. The minimum absolute atomic E-state index is 0.0866. The second kappa shape index (κ2) is 4.73. The quantitative estimate of drug-likeness (QED) is 0.818. The maximum atomic E-state index is 12.5. The molecule has 0 aliphatic carbocycles. The molecule has 0 saturated heterocycles. The van der Waals surface area contributed by atoms with Crippen LogP contribution in [0.25, 0.3) is 0 Å². The number of para-hydroxylation sites is 1. The Labute approximate surface area is 109 Å². The van der Waals surface area contributed by atoms with E-state index in [0.717, 1.165) is 17.7 Å². The molecule has 18 heavy (non-hydrogen) atoms. The summed E-state index contributed by atoms with van der Waals surface area (Å²) in [5.74, 6) is 0.162. The standard InChI is InChI=1S/C15H21NO2/c1-5-18-11(2)10-15(3)12-8-6-7-9-13(12)16(4)14(15)17/h6-9,11H,5,10H2,1-4H3. The van der Waals surface area contributed by atoms with Crippen LogP contribution < -0.4 is 4.90 Å². The van der Waals surface area contributed by atoms with Gasteiger partial charge in [0.15, 0.2) is 0 Å². The zero-order chi connectivity index (χ0) is 13.3. The average Bonchev–Trinajstić information content (AvgIpc) is 2.53. The van der Waals surface area contributed by atoms with Gasteiger partial charge >= 0.3 is 0 Å². The number of carbonyl (C=O) groups is 1. The number of hydrogen-bond donors (Lipinski definition) is 0. The van der Waals surface area contributed by atoms with Gasteiger partial charge in [0.1, 0.15) is 0 Å². The highest BCUT2D eigenvalue weighted by Crippen LogP contribution is 2.43. The molecule has 0 aromatic heterocycles. The van der Waals surface area contributed by atoms with Gasteiger partial charge in [-0.1, -0.05) is 18.2 Å².